The first-order valence-corrected chi connectivity index (χ1v) is 7.06. The van der Waals surface area contributed by atoms with E-state index in [0.29, 0.717) is 10.2 Å². The Kier molecular flexibility index (Phi) is 4.92. The molecule has 22 heavy (non-hydrogen) atoms. The van der Waals surface area contributed by atoms with E-state index in [1.165, 1.54) is 25.1 Å². The molecule has 1 N–H and O–H groups in total. The van der Waals surface area contributed by atoms with Crippen LogP contribution < -0.4 is 5.32 Å². The van der Waals surface area contributed by atoms with Gasteiger partial charge < -0.3 is 14.6 Å². The summed E-state index contributed by atoms with van der Waals surface area (Å²) in [6, 6.07) is 5.57. The van der Waals surface area contributed by atoms with Crippen LogP contribution in [0.25, 0.3) is 0 Å². The van der Waals surface area contributed by atoms with E-state index in [9.17, 15) is 14.0 Å². The van der Waals surface area contributed by atoms with E-state index in [2.05, 4.69) is 26.4 Å². The minimum absolute atomic E-state index is 0.00777. The maximum Gasteiger partial charge on any atom is 0.377 e. The molecule has 8 heteroatoms. The van der Waals surface area contributed by atoms with Gasteiger partial charge in [0.25, 0.3) is 5.91 Å². The fraction of sp³-hybridized carbons (Fsp3) is 0.214. The molecule has 0 spiro atoms. The van der Waals surface area contributed by atoms with Gasteiger partial charge in [0.05, 0.1) is 11.4 Å². The Morgan fingerprint density at radius 2 is 2.14 bits per heavy atom. The van der Waals surface area contributed by atoms with Crippen molar-refractivity contribution in [1.82, 2.24) is 5.16 Å². The van der Waals surface area contributed by atoms with Gasteiger partial charge in [-0.2, -0.15) is 0 Å². The summed E-state index contributed by atoms with van der Waals surface area (Å²) in [6.07, 6.45) is -1.12. The highest BCUT2D eigenvalue weighted by Crippen LogP contribution is 2.19. The van der Waals surface area contributed by atoms with Gasteiger partial charge in [0.2, 0.25) is 5.76 Å². The van der Waals surface area contributed by atoms with Gasteiger partial charge in [0.1, 0.15) is 5.82 Å². The Morgan fingerprint density at radius 3 is 2.73 bits per heavy atom. The molecule has 0 unspecified atom stereocenters. The average molecular weight is 371 g/mol. The first-order valence-electron chi connectivity index (χ1n) is 6.27. The van der Waals surface area contributed by atoms with Crippen molar-refractivity contribution < 1.29 is 23.2 Å². The van der Waals surface area contributed by atoms with Crippen molar-refractivity contribution in [1.29, 1.82) is 0 Å². The number of ether oxygens (including phenoxy) is 1. The van der Waals surface area contributed by atoms with Crippen molar-refractivity contribution in [2.24, 2.45) is 0 Å². The van der Waals surface area contributed by atoms with Crippen molar-refractivity contribution in [2.45, 2.75) is 20.0 Å². The average Bonchev–Trinajstić information content (AvgIpc) is 2.88. The number of carbonyl (C=O) groups is 2. The number of carbonyl (C=O) groups excluding carboxylic acids is 2. The van der Waals surface area contributed by atoms with Gasteiger partial charge in [-0.15, -0.1) is 0 Å². The molecule has 2 aromatic rings. The molecule has 0 saturated heterocycles. The zero-order chi connectivity index (χ0) is 16.3. The molecule has 1 heterocycles. The zero-order valence-electron chi connectivity index (χ0n) is 11.7. The lowest BCUT2D eigenvalue weighted by molar-refractivity contribution is -0.123. The highest BCUT2D eigenvalue weighted by Gasteiger charge is 2.22. The summed E-state index contributed by atoms with van der Waals surface area (Å²) >= 11 is 3.11. The van der Waals surface area contributed by atoms with Crippen LogP contribution in [0.1, 0.15) is 23.2 Å². The third kappa shape index (κ3) is 3.91. The number of amides is 1. The van der Waals surface area contributed by atoms with Crippen molar-refractivity contribution in [3.05, 3.63) is 46.0 Å². The van der Waals surface area contributed by atoms with E-state index >= 15 is 0 Å². The number of rotatable bonds is 4. The predicted octanol–water partition coefficient (Wildman–Crippen LogP) is 3.07. The molecule has 0 fully saturated rings. The number of halogens is 2. The normalized spacial score (nSPS) is 11.8. The van der Waals surface area contributed by atoms with Gasteiger partial charge in [-0.25, -0.2) is 9.18 Å². The number of nitrogens with one attached hydrogen (secondary N) is 1. The van der Waals surface area contributed by atoms with E-state index in [-0.39, 0.29) is 11.4 Å². The van der Waals surface area contributed by atoms with Crippen LogP contribution in [0.4, 0.5) is 10.1 Å². The van der Waals surface area contributed by atoms with Gasteiger partial charge >= 0.3 is 5.97 Å². The van der Waals surface area contributed by atoms with Crippen LogP contribution >= 0.6 is 15.9 Å². The number of aryl methyl sites for hydroxylation is 1. The van der Waals surface area contributed by atoms with Crippen LogP contribution in [-0.2, 0) is 9.53 Å². The van der Waals surface area contributed by atoms with E-state index in [1.807, 2.05) is 0 Å². The maximum atomic E-state index is 13.6. The summed E-state index contributed by atoms with van der Waals surface area (Å²) in [5, 5.41) is 5.89. The van der Waals surface area contributed by atoms with Gasteiger partial charge in [-0.3, -0.25) is 4.79 Å². The molecule has 0 saturated carbocycles. The molecular weight excluding hydrogens is 359 g/mol. The fourth-order valence-electron chi connectivity index (χ4n) is 1.56. The molecular formula is C14H12BrFN2O4. The molecule has 0 aliphatic heterocycles. The summed E-state index contributed by atoms with van der Waals surface area (Å²) in [7, 11) is 0. The Balaban J connectivity index is 1.98. The van der Waals surface area contributed by atoms with Gasteiger partial charge in [0.15, 0.2) is 6.10 Å². The standard InChI is InChI=1S/C14H12BrFN2O4/c1-7-5-12(22-18-7)14(20)21-8(2)13(19)17-11-4-3-9(15)6-10(11)16/h3-6,8H,1-2H3,(H,17,19)/t8-/m0/s1. The first-order chi connectivity index (χ1) is 10.4. The Morgan fingerprint density at radius 1 is 1.41 bits per heavy atom. The van der Waals surface area contributed by atoms with E-state index < -0.39 is 23.8 Å². The lowest BCUT2D eigenvalue weighted by Gasteiger charge is -2.13. The molecule has 0 aliphatic rings. The molecule has 1 amide bonds. The topological polar surface area (TPSA) is 81.4 Å². The third-order valence-electron chi connectivity index (χ3n) is 2.67. The minimum Gasteiger partial charge on any atom is -0.447 e. The Bertz CT molecular complexity index is 717. The van der Waals surface area contributed by atoms with Gasteiger partial charge in [0, 0.05) is 10.5 Å². The van der Waals surface area contributed by atoms with E-state index in [0.717, 1.165) is 0 Å². The summed E-state index contributed by atoms with van der Waals surface area (Å²) in [5.41, 5.74) is 0.507. The van der Waals surface area contributed by atoms with Gasteiger partial charge in [-0.1, -0.05) is 21.1 Å². The zero-order valence-corrected chi connectivity index (χ0v) is 13.3. The quantitative estimate of drug-likeness (QED) is 0.836. The smallest absolute Gasteiger partial charge is 0.377 e. The summed E-state index contributed by atoms with van der Waals surface area (Å²) in [4.78, 5) is 23.6. The number of esters is 1. The SMILES string of the molecule is Cc1cc(C(=O)O[C@@H](C)C(=O)Nc2ccc(Br)cc2F)on1. The highest BCUT2D eigenvalue weighted by atomic mass is 79.9. The lowest BCUT2D eigenvalue weighted by atomic mass is 10.3. The predicted molar refractivity (Wildman–Crippen MR) is 78.8 cm³/mol. The molecule has 1 aromatic heterocycles. The monoisotopic (exact) mass is 370 g/mol. The summed E-state index contributed by atoms with van der Waals surface area (Å²) < 4.78 is 23.8. The summed E-state index contributed by atoms with van der Waals surface area (Å²) in [6.45, 7) is 3.01. The molecule has 1 aromatic carbocycles. The number of aromatic nitrogens is 1. The Labute approximate surface area is 133 Å². The van der Waals surface area contributed by atoms with Crippen LogP contribution in [0.2, 0.25) is 0 Å². The molecule has 6 nitrogen and oxygen atoms in total. The summed E-state index contributed by atoms with van der Waals surface area (Å²) in [5.74, 6) is -2.19. The first kappa shape index (κ1) is 16.2. The highest BCUT2D eigenvalue weighted by molar-refractivity contribution is 9.10. The fourth-order valence-corrected chi connectivity index (χ4v) is 1.89. The van der Waals surface area contributed by atoms with Crippen LogP contribution in [0.3, 0.4) is 0 Å². The van der Waals surface area contributed by atoms with Crippen molar-refractivity contribution in [3.8, 4) is 0 Å². The number of nitrogens with zero attached hydrogens (tertiary/aromatic N) is 1. The van der Waals surface area contributed by atoms with Crippen molar-refractivity contribution in [2.75, 3.05) is 5.32 Å². The second-order valence-electron chi connectivity index (χ2n) is 4.49. The number of hydrogen-bond donors (Lipinski definition) is 1. The van der Waals surface area contributed by atoms with Crippen LogP contribution in [0.5, 0.6) is 0 Å². The van der Waals surface area contributed by atoms with Gasteiger partial charge in [-0.05, 0) is 32.0 Å². The minimum atomic E-state index is -1.12. The maximum absolute atomic E-state index is 13.6. The van der Waals surface area contributed by atoms with E-state index in [1.54, 1.807) is 13.0 Å². The molecule has 116 valence electrons. The molecule has 1 atom stereocenters. The number of hydrogen-bond acceptors (Lipinski definition) is 5. The van der Waals surface area contributed by atoms with Crippen molar-refractivity contribution >= 4 is 33.5 Å². The van der Waals surface area contributed by atoms with Crippen LogP contribution in [0, 0.1) is 12.7 Å². The van der Waals surface area contributed by atoms with Crippen molar-refractivity contribution in [3.63, 3.8) is 0 Å². The number of benzene rings is 1. The second-order valence-corrected chi connectivity index (χ2v) is 5.41. The third-order valence-corrected chi connectivity index (χ3v) is 3.16. The van der Waals surface area contributed by atoms with Crippen LogP contribution in [-0.4, -0.2) is 23.1 Å². The van der Waals surface area contributed by atoms with E-state index in [4.69, 9.17) is 9.26 Å². The lowest BCUT2D eigenvalue weighted by Crippen LogP contribution is -2.30. The molecule has 0 aliphatic carbocycles. The second kappa shape index (κ2) is 6.69. The molecule has 0 bridgehead atoms. The molecule has 0 radical (unpaired) electrons. The largest absolute Gasteiger partial charge is 0.447 e. The van der Waals surface area contributed by atoms with Crippen LogP contribution in [0.15, 0.2) is 33.3 Å². The molecule has 2 rings (SSSR count). The Hall–Kier alpha value is -2.22. The number of anilines is 1.